The molecule has 3 N–H and O–H groups in total. The van der Waals surface area contributed by atoms with E-state index in [9.17, 15) is 19.8 Å². The molecule has 0 radical (unpaired) electrons. The van der Waals surface area contributed by atoms with E-state index in [1.54, 1.807) is 12.1 Å². The van der Waals surface area contributed by atoms with E-state index in [-0.39, 0.29) is 23.8 Å². The number of fused-ring (bicyclic) bond motifs is 3. The Morgan fingerprint density at radius 1 is 1.24 bits per heavy atom. The van der Waals surface area contributed by atoms with Gasteiger partial charge in [0.15, 0.2) is 0 Å². The van der Waals surface area contributed by atoms with Crippen LogP contribution in [0.4, 0.5) is 0 Å². The molecule has 1 heterocycles. The van der Waals surface area contributed by atoms with Crippen LogP contribution in [0.2, 0.25) is 0 Å². The lowest BCUT2D eigenvalue weighted by Gasteiger charge is -2.20. The van der Waals surface area contributed by atoms with E-state index in [0.717, 1.165) is 42.2 Å². The zero-order chi connectivity index (χ0) is 18.1. The molecule has 6 heteroatoms. The van der Waals surface area contributed by atoms with E-state index in [0.29, 0.717) is 11.1 Å². The maximum absolute atomic E-state index is 12.3. The van der Waals surface area contributed by atoms with Gasteiger partial charge >= 0.3 is 11.6 Å². The first-order chi connectivity index (χ1) is 11.9. The molecule has 1 atom stereocenters. The molecule has 3 rings (SSSR count). The van der Waals surface area contributed by atoms with Gasteiger partial charge in [0.25, 0.3) is 0 Å². The van der Waals surface area contributed by atoms with Crippen molar-refractivity contribution in [2.45, 2.75) is 52.1 Å². The van der Waals surface area contributed by atoms with Gasteiger partial charge in [-0.05, 0) is 49.3 Å². The highest BCUT2D eigenvalue weighted by Crippen LogP contribution is 2.32. The smallest absolute Gasteiger partial charge is 0.339 e. The molecular formula is C19H23NO5. The molecule has 1 unspecified atom stereocenters. The van der Waals surface area contributed by atoms with Crippen LogP contribution in [-0.2, 0) is 24.2 Å². The lowest BCUT2D eigenvalue weighted by atomic mass is 9.90. The van der Waals surface area contributed by atoms with Crippen LogP contribution in [0.3, 0.4) is 0 Å². The lowest BCUT2D eigenvalue weighted by molar-refractivity contribution is -0.140. The summed E-state index contributed by atoms with van der Waals surface area (Å²) < 4.78 is 5.52. The minimum Gasteiger partial charge on any atom is -0.507 e. The molecule has 1 aliphatic carbocycles. The van der Waals surface area contributed by atoms with Crippen molar-refractivity contribution >= 4 is 16.9 Å². The highest BCUT2D eigenvalue weighted by molar-refractivity contribution is 5.86. The minimum absolute atomic E-state index is 0.00759. The molecule has 1 aromatic heterocycles. The number of benzene rings is 1. The number of carboxylic acid groups (broad SMARTS) is 1. The summed E-state index contributed by atoms with van der Waals surface area (Å²) in [4.78, 5) is 23.7. The molecule has 134 valence electrons. The van der Waals surface area contributed by atoms with Crippen molar-refractivity contribution in [2.24, 2.45) is 5.92 Å². The van der Waals surface area contributed by atoms with E-state index in [4.69, 9.17) is 4.42 Å². The van der Waals surface area contributed by atoms with Crippen molar-refractivity contribution in [1.29, 1.82) is 0 Å². The fourth-order valence-electron chi connectivity index (χ4n) is 3.54. The van der Waals surface area contributed by atoms with Crippen molar-refractivity contribution in [3.05, 3.63) is 39.2 Å². The summed E-state index contributed by atoms with van der Waals surface area (Å²) >= 11 is 0. The molecule has 0 saturated carbocycles. The highest BCUT2D eigenvalue weighted by Gasteiger charge is 2.24. The number of aliphatic carboxylic acids is 1. The Hall–Kier alpha value is -2.34. The van der Waals surface area contributed by atoms with Gasteiger partial charge < -0.3 is 14.6 Å². The number of nitrogens with one attached hydrogen (secondary N) is 1. The second-order valence-electron chi connectivity index (χ2n) is 6.93. The summed E-state index contributed by atoms with van der Waals surface area (Å²) in [5.74, 6) is -1.07. The zero-order valence-corrected chi connectivity index (χ0v) is 14.5. The standard InChI is InChI=1S/C19H23NO5/c1-10(2)16(18(22)23)20-9-14-15(21)8-7-12-11-5-3-4-6-13(11)19(24)25-17(12)14/h7-8,10,16,20-21H,3-6,9H2,1-2H3,(H,22,23). The Morgan fingerprint density at radius 2 is 1.92 bits per heavy atom. The van der Waals surface area contributed by atoms with Gasteiger partial charge in [0, 0.05) is 17.5 Å². The van der Waals surface area contributed by atoms with Gasteiger partial charge in [-0.1, -0.05) is 13.8 Å². The molecule has 1 aromatic carbocycles. The SMILES string of the molecule is CC(C)C(NCc1c(O)ccc2c3c(c(=O)oc12)CCCC3)C(=O)O. The molecule has 0 spiro atoms. The van der Waals surface area contributed by atoms with Crippen LogP contribution in [0, 0.1) is 5.92 Å². The molecule has 0 fully saturated rings. The summed E-state index contributed by atoms with van der Waals surface area (Å²) in [6.45, 7) is 3.73. The van der Waals surface area contributed by atoms with Crippen LogP contribution in [0.1, 0.15) is 43.4 Å². The number of hydrogen-bond donors (Lipinski definition) is 3. The summed E-state index contributed by atoms with van der Waals surface area (Å²) in [7, 11) is 0. The van der Waals surface area contributed by atoms with Crippen molar-refractivity contribution in [2.75, 3.05) is 0 Å². The molecule has 2 aromatic rings. The monoisotopic (exact) mass is 345 g/mol. The predicted molar refractivity (Wildman–Crippen MR) is 93.9 cm³/mol. The van der Waals surface area contributed by atoms with Crippen LogP contribution < -0.4 is 10.9 Å². The van der Waals surface area contributed by atoms with Crippen LogP contribution in [0.25, 0.3) is 11.0 Å². The average molecular weight is 345 g/mol. The molecule has 1 aliphatic rings. The molecule has 0 aliphatic heterocycles. The molecule has 0 saturated heterocycles. The third kappa shape index (κ3) is 3.26. The van der Waals surface area contributed by atoms with E-state index in [1.165, 1.54) is 0 Å². The van der Waals surface area contributed by atoms with Gasteiger partial charge in [-0.15, -0.1) is 0 Å². The third-order valence-corrected chi connectivity index (χ3v) is 4.90. The Labute approximate surface area is 145 Å². The number of phenols is 1. The number of carbonyl (C=O) groups is 1. The van der Waals surface area contributed by atoms with E-state index < -0.39 is 12.0 Å². The Balaban J connectivity index is 2.06. The quantitative estimate of drug-likeness (QED) is 0.720. The van der Waals surface area contributed by atoms with E-state index >= 15 is 0 Å². The first-order valence-corrected chi connectivity index (χ1v) is 8.65. The van der Waals surface area contributed by atoms with Crippen LogP contribution in [0.15, 0.2) is 21.3 Å². The van der Waals surface area contributed by atoms with Gasteiger partial charge in [-0.3, -0.25) is 10.1 Å². The molecule has 25 heavy (non-hydrogen) atoms. The largest absolute Gasteiger partial charge is 0.507 e. The maximum atomic E-state index is 12.3. The van der Waals surface area contributed by atoms with Gasteiger partial charge in [-0.25, -0.2) is 4.79 Å². The first kappa shape index (κ1) is 17.5. The van der Waals surface area contributed by atoms with Gasteiger partial charge in [0.2, 0.25) is 0 Å². The number of phenolic OH excluding ortho intramolecular Hbond substituents is 1. The van der Waals surface area contributed by atoms with E-state index in [2.05, 4.69) is 5.32 Å². The second kappa shape index (κ2) is 6.88. The number of hydrogen-bond acceptors (Lipinski definition) is 5. The fourth-order valence-corrected chi connectivity index (χ4v) is 3.54. The van der Waals surface area contributed by atoms with Crippen molar-refractivity contribution in [1.82, 2.24) is 5.32 Å². The van der Waals surface area contributed by atoms with E-state index in [1.807, 2.05) is 13.8 Å². The van der Waals surface area contributed by atoms with Gasteiger partial charge in [0.05, 0.1) is 5.56 Å². The molecule has 6 nitrogen and oxygen atoms in total. The molecule has 0 amide bonds. The van der Waals surface area contributed by atoms with Crippen molar-refractivity contribution in [3.63, 3.8) is 0 Å². The lowest BCUT2D eigenvalue weighted by Crippen LogP contribution is -2.40. The second-order valence-corrected chi connectivity index (χ2v) is 6.93. The van der Waals surface area contributed by atoms with Crippen LogP contribution in [-0.4, -0.2) is 22.2 Å². The van der Waals surface area contributed by atoms with Crippen LogP contribution >= 0.6 is 0 Å². The van der Waals surface area contributed by atoms with Crippen molar-refractivity contribution in [3.8, 4) is 5.75 Å². The van der Waals surface area contributed by atoms with Crippen LogP contribution in [0.5, 0.6) is 5.75 Å². The summed E-state index contributed by atoms with van der Waals surface area (Å²) in [5, 5.41) is 23.3. The molecular weight excluding hydrogens is 322 g/mol. The fraction of sp³-hybridized carbons (Fsp3) is 0.474. The topological polar surface area (TPSA) is 99.8 Å². The molecule has 0 bridgehead atoms. The Kier molecular flexibility index (Phi) is 4.81. The van der Waals surface area contributed by atoms with Gasteiger partial charge in [-0.2, -0.15) is 0 Å². The average Bonchev–Trinajstić information content (AvgIpc) is 2.56. The van der Waals surface area contributed by atoms with Gasteiger partial charge in [0.1, 0.15) is 17.4 Å². The Bertz CT molecular complexity index is 868. The number of aromatic hydroxyl groups is 1. The maximum Gasteiger partial charge on any atom is 0.339 e. The third-order valence-electron chi connectivity index (χ3n) is 4.90. The minimum atomic E-state index is -0.950. The number of carboxylic acids is 1. The zero-order valence-electron chi connectivity index (χ0n) is 14.5. The highest BCUT2D eigenvalue weighted by atomic mass is 16.4. The van der Waals surface area contributed by atoms with Crippen molar-refractivity contribution < 1.29 is 19.4 Å². The summed E-state index contributed by atoms with van der Waals surface area (Å²) in [5.41, 5.74) is 2.15. The number of aryl methyl sites for hydroxylation is 1. The summed E-state index contributed by atoms with van der Waals surface area (Å²) in [6.07, 6.45) is 3.54. The number of rotatable bonds is 5. The predicted octanol–water partition coefficient (Wildman–Crippen LogP) is 2.58. The summed E-state index contributed by atoms with van der Waals surface area (Å²) in [6, 6.07) is 2.61. The first-order valence-electron chi connectivity index (χ1n) is 8.65. The normalized spacial score (nSPS) is 15.3. The Morgan fingerprint density at radius 3 is 2.56 bits per heavy atom.